The average molecular weight is 434 g/mol. The molecule has 6 atom stereocenters. The maximum Gasteiger partial charge on any atom is 0.242 e. The molecular weight excluding hydrogens is 406 g/mol. The lowest BCUT2D eigenvalue weighted by Crippen LogP contribution is -2.42. The predicted octanol–water partition coefficient (Wildman–Crippen LogP) is 3.91. The Hall–Kier alpha value is -2.57. The molecule has 0 spiro atoms. The van der Waals surface area contributed by atoms with Gasteiger partial charge in [0.25, 0.3) is 0 Å². The third-order valence-electron chi connectivity index (χ3n) is 6.57. The van der Waals surface area contributed by atoms with Crippen LogP contribution in [0, 0.1) is 23.7 Å². The fraction of sp³-hybridized carbons (Fsp3) is 0.360. The lowest BCUT2D eigenvalue weighted by Gasteiger charge is -2.24. The summed E-state index contributed by atoms with van der Waals surface area (Å²) < 4.78 is 0. The standard InChI is InChI=1S/C25H27N3O2S/c1-15(29)26-19-8-6-16(7-9-19)25-28-23(14-31-25)24(30)27-20-10-11-22-18(13-20)12-17-4-2-3-5-21(17)22/h2-11,13,17-18,21-23,25,28H,12,14H2,1H3,(H,26,29)(H,27,30)/t17?,18?,21?,22?,23-,25?/m0/s1. The van der Waals surface area contributed by atoms with E-state index in [9.17, 15) is 9.59 Å². The summed E-state index contributed by atoms with van der Waals surface area (Å²) >= 11 is 1.73. The molecule has 1 saturated carbocycles. The van der Waals surface area contributed by atoms with E-state index in [2.05, 4.69) is 58.5 Å². The van der Waals surface area contributed by atoms with Gasteiger partial charge in [0.15, 0.2) is 0 Å². The smallest absolute Gasteiger partial charge is 0.242 e. The molecule has 1 aliphatic heterocycles. The fourth-order valence-electron chi connectivity index (χ4n) is 5.10. The van der Waals surface area contributed by atoms with E-state index in [0.717, 1.165) is 29.1 Å². The predicted molar refractivity (Wildman–Crippen MR) is 125 cm³/mol. The number of allylic oxidation sites excluding steroid dienone is 7. The highest BCUT2D eigenvalue weighted by molar-refractivity contribution is 7.99. The van der Waals surface area contributed by atoms with Crippen LogP contribution in [0.4, 0.5) is 5.69 Å². The maximum atomic E-state index is 12.9. The summed E-state index contributed by atoms with van der Waals surface area (Å²) in [4.78, 5) is 24.1. The van der Waals surface area contributed by atoms with Gasteiger partial charge < -0.3 is 10.6 Å². The zero-order valence-electron chi connectivity index (χ0n) is 17.5. The SMILES string of the molecule is CC(=O)Nc1ccc(C2N[C@H](C(=O)NC3=CC4CC5C=CC=CC5C4C=C3)CS2)cc1. The van der Waals surface area contributed by atoms with Gasteiger partial charge in [0.2, 0.25) is 11.8 Å². The number of rotatable bonds is 4. The Morgan fingerprint density at radius 3 is 2.58 bits per heavy atom. The van der Waals surface area contributed by atoms with Crippen LogP contribution >= 0.6 is 11.8 Å². The molecule has 0 aromatic heterocycles. The van der Waals surface area contributed by atoms with E-state index in [1.807, 2.05) is 24.3 Å². The van der Waals surface area contributed by atoms with Gasteiger partial charge in [0.1, 0.15) is 0 Å². The van der Waals surface area contributed by atoms with E-state index in [1.165, 1.54) is 6.92 Å². The highest BCUT2D eigenvalue weighted by Gasteiger charge is 2.40. The number of amides is 2. The van der Waals surface area contributed by atoms with E-state index in [-0.39, 0.29) is 23.2 Å². The second-order valence-corrected chi connectivity index (χ2v) is 9.83. The van der Waals surface area contributed by atoms with Gasteiger partial charge in [-0.15, -0.1) is 11.8 Å². The molecule has 3 N–H and O–H groups in total. The van der Waals surface area contributed by atoms with E-state index in [1.54, 1.807) is 11.8 Å². The van der Waals surface area contributed by atoms with Crippen molar-refractivity contribution in [1.29, 1.82) is 0 Å². The molecule has 6 heteroatoms. The van der Waals surface area contributed by atoms with Crippen molar-refractivity contribution in [3.63, 3.8) is 0 Å². The number of hydrogen-bond acceptors (Lipinski definition) is 4. The number of carbonyl (C=O) groups excluding carboxylic acids is 2. The molecular formula is C25H27N3O2S. The van der Waals surface area contributed by atoms with Crippen LogP contribution in [-0.2, 0) is 9.59 Å². The zero-order chi connectivity index (χ0) is 21.4. The first-order valence-corrected chi connectivity index (χ1v) is 11.9. The second-order valence-electron chi connectivity index (χ2n) is 8.69. The summed E-state index contributed by atoms with van der Waals surface area (Å²) in [5.74, 6) is 2.90. The lowest BCUT2D eigenvalue weighted by molar-refractivity contribution is -0.121. The molecule has 3 aliphatic carbocycles. The third-order valence-corrected chi connectivity index (χ3v) is 7.84. The molecule has 31 heavy (non-hydrogen) atoms. The van der Waals surface area contributed by atoms with Gasteiger partial charge in [0, 0.05) is 24.1 Å². The van der Waals surface area contributed by atoms with Gasteiger partial charge in [0.05, 0.1) is 11.4 Å². The number of benzene rings is 1. The van der Waals surface area contributed by atoms with Crippen LogP contribution in [0.5, 0.6) is 0 Å². The van der Waals surface area contributed by atoms with Gasteiger partial charge in [-0.1, -0.05) is 48.6 Å². The number of carbonyl (C=O) groups is 2. The van der Waals surface area contributed by atoms with E-state index in [0.29, 0.717) is 23.7 Å². The molecule has 1 aromatic rings. The minimum Gasteiger partial charge on any atom is -0.326 e. The Kier molecular flexibility index (Phi) is 5.59. The lowest BCUT2D eigenvalue weighted by atomic mass is 9.82. The summed E-state index contributed by atoms with van der Waals surface area (Å²) in [7, 11) is 0. The fourth-order valence-corrected chi connectivity index (χ4v) is 6.34. The minimum atomic E-state index is -0.228. The van der Waals surface area contributed by atoms with Crippen LogP contribution in [0.3, 0.4) is 0 Å². The third kappa shape index (κ3) is 4.27. The van der Waals surface area contributed by atoms with Crippen LogP contribution in [0.15, 0.2) is 72.5 Å². The Balaban J connectivity index is 1.18. The van der Waals surface area contributed by atoms with Crippen LogP contribution in [-0.4, -0.2) is 23.6 Å². The summed E-state index contributed by atoms with van der Waals surface area (Å²) in [6, 6.07) is 7.54. The highest BCUT2D eigenvalue weighted by atomic mass is 32.2. The van der Waals surface area contributed by atoms with Crippen molar-refractivity contribution in [2.24, 2.45) is 23.7 Å². The van der Waals surface area contributed by atoms with Crippen LogP contribution in [0.1, 0.15) is 24.3 Å². The minimum absolute atomic E-state index is 0.0226. The van der Waals surface area contributed by atoms with Crippen molar-refractivity contribution < 1.29 is 9.59 Å². The normalized spacial score (nSPS) is 32.9. The van der Waals surface area contributed by atoms with Gasteiger partial charge in [-0.2, -0.15) is 0 Å². The number of hydrogen-bond donors (Lipinski definition) is 3. The molecule has 160 valence electrons. The molecule has 1 aromatic carbocycles. The number of nitrogens with one attached hydrogen (secondary N) is 3. The quantitative estimate of drug-likeness (QED) is 0.673. The molecule has 1 saturated heterocycles. The van der Waals surface area contributed by atoms with Crippen LogP contribution in [0.25, 0.3) is 0 Å². The molecule has 2 fully saturated rings. The first kappa shape index (κ1) is 20.3. The van der Waals surface area contributed by atoms with E-state index in [4.69, 9.17) is 0 Å². The van der Waals surface area contributed by atoms with Crippen molar-refractivity contribution in [1.82, 2.24) is 10.6 Å². The van der Waals surface area contributed by atoms with Crippen LogP contribution < -0.4 is 16.0 Å². The van der Waals surface area contributed by atoms with E-state index < -0.39 is 0 Å². The van der Waals surface area contributed by atoms with Crippen molar-refractivity contribution in [3.05, 3.63) is 78.1 Å². The molecule has 0 radical (unpaired) electrons. The molecule has 1 heterocycles. The van der Waals surface area contributed by atoms with Crippen molar-refractivity contribution in [3.8, 4) is 0 Å². The van der Waals surface area contributed by atoms with Gasteiger partial charge in [-0.05, 0) is 53.9 Å². The Morgan fingerprint density at radius 2 is 1.77 bits per heavy atom. The Labute approximate surface area is 187 Å². The largest absolute Gasteiger partial charge is 0.326 e. The highest BCUT2D eigenvalue weighted by Crippen LogP contribution is 2.47. The van der Waals surface area contributed by atoms with Gasteiger partial charge in [-0.25, -0.2) is 0 Å². The summed E-state index contributed by atoms with van der Waals surface area (Å²) in [5.41, 5.74) is 2.80. The summed E-state index contributed by atoms with van der Waals surface area (Å²) in [6.07, 6.45) is 16.7. The Bertz CT molecular complexity index is 995. The molecule has 2 amide bonds. The first-order chi connectivity index (χ1) is 15.1. The summed E-state index contributed by atoms with van der Waals surface area (Å²) in [6.45, 7) is 1.50. The van der Waals surface area contributed by atoms with Crippen molar-refractivity contribution in [2.75, 3.05) is 11.1 Å². The van der Waals surface area contributed by atoms with Crippen molar-refractivity contribution >= 4 is 29.3 Å². The van der Waals surface area contributed by atoms with Crippen LogP contribution in [0.2, 0.25) is 0 Å². The monoisotopic (exact) mass is 433 g/mol. The molecule has 5 unspecified atom stereocenters. The number of anilines is 1. The van der Waals surface area contributed by atoms with Gasteiger partial charge in [-0.3, -0.25) is 14.9 Å². The molecule has 5 nitrogen and oxygen atoms in total. The molecule has 4 aliphatic rings. The number of fused-ring (bicyclic) bond motifs is 3. The number of thioether (sulfide) groups is 1. The first-order valence-electron chi connectivity index (χ1n) is 10.9. The second kappa shape index (κ2) is 8.52. The van der Waals surface area contributed by atoms with Crippen molar-refractivity contribution in [2.45, 2.75) is 24.8 Å². The average Bonchev–Trinajstić information content (AvgIpc) is 3.39. The van der Waals surface area contributed by atoms with Gasteiger partial charge >= 0.3 is 0 Å². The topological polar surface area (TPSA) is 70.2 Å². The maximum absolute atomic E-state index is 12.9. The molecule has 0 bridgehead atoms. The Morgan fingerprint density at radius 1 is 1.00 bits per heavy atom. The molecule has 5 rings (SSSR count). The summed E-state index contributed by atoms with van der Waals surface area (Å²) in [5, 5.41) is 9.42. The zero-order valence-corrected chi connectivity index (χ0v) is 18.3. The van der Waals surface area contributed by atoms with E-state index >= 15 is 0 Å².